The second kappa shape index (κ2) is 6.62. The molecule has 0 bridgehead atoms. The van der Waals surface area contributed by atoms with Crippen molar-refractivity contribution in [3.05, 3.63) is 28.8 Å². The summed E-state index contributed by atoms with van der Waals surface area (Å²) in [6, 6.07) is 6.92. The molecule has 2 unspecified atom stereocenters. The van der Waals surface area contributed by atoms with Gasteiger partial charge in [0.1, 0.15) is 0 Å². The van der Waals surface area contributed by atoms with Crippen LogP contribution in [0.5, 0.6) is 0 Å². The van der Waals surface area contributed by atoms with E-state index in [4.69, 9.17) is 11.6 Å². The highest BCUT2D eigenvalue weighted by atomic mass is 35.5. The molecule has 2 atom stereocenters. The molecular weight excluding hydrogens is 256 g/mol. The third-order valence-corrected chi connectivity index (χ3v) is 4.27. The van der Waals surface area contributed by atoms with Crippen molar-refractivity contribution in [1.82, 2.24) is 5.32 Å². The molecule has 2 nitrogen and oxygen atoms in total. The summed E-state index contributed by atoms with van der Waals surface area (Å²) in [6.07, 6.45) is 2.62. The lowest BCUT2D eigenvalue weighted by atomic mass is 9.93. The standard InChI is InChI=1S/C16H25ClN2/c1-4-18-10-14-9-15(17)7-8-16(14)19-11-12(2)5-6-13(19)3/h7-9,12-13,18H,4-6,10-11H2,1-3H3. The van der Waals surface area contributed by atoms with Gasteiger partial charge in [-0.15, -0.1) is 0 Å². The van der Waals surface area contributed by atoms with Gasteiger partial charge in [0.15, 0.2) is 0 Å². The molecule has 1 fully saturated rings. The first-order valence-corrected chi connectivity index (χ1v) is 7.75. The minimum Gasteiger partial charge on any atom is -0.368 e. The van der Waals surface area contributed by atoms with Gasteiger partial charge in [-0.1, -0.05) is 25.4 Å². The molecular formula is C16H25ClN2. The third-order valence-electron chi connectivity index (χ3n) is 4.03. The predicted molar refractivity (Wildman–Crippen MR) is 84.0 cm³/mol. The van der Waals surface area contributed by atoms with E-state index in [-0.39, 0.29) is 0 Å². The minimum atomic E-state index is 0.623. The smallest absolute Gasteiger partial charge is 0.0415 e. The second-order valence-electron chi connectivity index (χ2n) is 5.74. The van der Waals surface area contributed by atoms with E-state index in [0.29, 0.717) is 6.04 Å². The molecule has 3 heteroatoms. The maximum atomic E-state index is 6.15. The number of benzene rings is 1. The highest BCUT2D eigenvalue weighted by Crippen LogP contribution is 2.31. The number of halogens is 1. The largest absolute Gasteiger partial charge is 0.368 e. The van der Waals surface area contributed by atoms with Crippen LogP contribution in [0.2, 0.25) is 5.02 Å². The van der Waals surface area contributed by atoms with Gasteiger partial charge in [0.2, 0.25) is 0 Å². The van der Waals surface area contributed by atoms with Crippen LogP contribution in [0.1, 0.15) is 39.2 Å². The zero-order valence-electron chi connectivity index (χ0n) is 12.2. The Bertz CT molecular complexity index is 419. The van der Waals surface area contributed by atoms with Crippen molar-refractivity contribution >= 4 is 17.3 Å². The lowest BCUT2D eigenvalue weighted by molar-refractivity contribution is 0.389. The lowest BCUT2D eigenvalue weighted by Gasteiger charge is -2.39. The van der Waals surface area contributed by atoms with Crippen molar-refractivity contribution < 1.29 is 0 Å². The minimum absolute atomic E-state index is 0.623. The molecule has 1 heterocycles. The van der Waals surface area contributed by atoms with Gasteiger partial charge >= 0.3 is 0 Å². The summed E-state index contributed by atoms with van der Waals surface area (Å²) in [4.78, 5) is 2.55. The number of rotatable bonds is 4. The summed E-state index contributed by atoms with van der Waals surface area (Å²) >= 11 is 6.15. The van der Waals surface area contributed by atoms with Crippen LogP contribution >= 0.6 is 11.6 Å². The third kappa shape index (κ3) is 3.64. The van der Waals surface area contributed by atoms with Crippen molar-refractivity contribution in [2.24, 2.45) is 5.92 Å². The van der Waals surface area contributed by atoms with Crippen LogP contribution in [0, 0.1) is 5.92 Å². The van der Waals surface area contributed by atoms with Gasteiger partial charge in [0.05, 0.1) is 0 Å². The topological polar surface area (TPSA) is 15.3 Å². The van der Waals surface area contributed by atoms with Crippen molar-refractivity contribution in [3.63, 3.8) is 0 Å². The van der Waals surface area contributed by atoms with Crippen LogP contribution in [0.4, 0.5) is 5.69 Å². The Morgan fingerprint density at radius 3 is 2.84 bits per heavy atom. The zero-order valence-corrected chi connectivity index (χ0v) is 13.0. The lowest BCUT2D eigenvalue weighted by Crippen LogP contribution is -2.41. The van der Waals surface area contributed by atoms with Crippen molar-refractivity contribution in [2.45, 2.75) is 46.2 Å². The van der Waals surface area contributed by atoms with Crippen LogP contribution in [-0.4, -0.2) is 19.1 Å². The molecule has 0 aromatic heterocycles. The molecule has 2 rings (SSSR count). The summed E-state index contributed by atoms with van der Waals surface area (Å²) in [5, 5.41) is 4.24. The highest BCUT2D eigenvalue weighted by Gasteiger charge is 2.24. The normalized spacial score (nSPS) is 23.7. The van der Waals surface area contributed by atoms with Crippen LogP contribution < -0.4 is 10.2 Å². The molecule has 0 radical (unpaired) electrons. The number of anilines is 1. The van der Waals surface area contributed by atoms with Crippen molar-refractivity contribution in [1.29, 1.82) is 0 Å². The maximum absolute atomic E-state index is 6.15. The fourth-order valence-corrected chi connectivity index (χ4v) is 3.05. The molecule has 1 aliphatic heterocycles. The van der Waals surface area contributed by atoms with E-state index in [2.05, 4.69) is 43.1 Å². The van der Waals surface area contributed by atoms with E-state index in [1.807, 2.05) is 6.07 Å². The van der Waals surface area contributed by atoms with Gasteiger partial charge in [0.25, 0.3) is 0 Å². The molecule has 1 aliphatic rings. The van der Waals surface area contributed by atoms with E-state index in [1.54, 1.807) is 0 Å². The molecule has 19 heavy (non-hydrogen) atoms. The van der Waals surface area contributed by atoms with Crippen molar-refractivity contribution in [2.75, 3.05) is 18.0 Å². The molecule has 1 saturated heterocycles. The highest BCUT2D eigenvalue weighted by molar-refractivity contribution is 6.30. The number of piperidine rings is 1. The van der Waals surface area contributed by atoms with E-state index in [0.717, 1.165) is 30.6 Å². The van der Waals surface area contributed by atoms with Gasteiger partial charge in [-0.05, 0) is 56.0 Å². The SMILES string of the molecule is CCNCc1cc(Cl)ccc1N1CC(C)CCC1C. The summed E-state index contributed by atoms with van der Waals surface area (Å²) < 4.78 is 0. The Hall–Kier alpha value is -0.730. The summed E-state index contributed by atoms with van der Waals surface area (Å²) in [5.74, 6) is 0.777. The van der Waals surface area contributed by atoms with Gasteiger partial charge in [0, 0.05) is 29.8 Å². The van der Waals surface area contributed by atoms with Crippen molar-refractivity contribution in [3.8, 4) is 0 Å². The quantitative estimate of drug-likeness (QED) is 0.894. The second-order valence-corrected chi connectivity index (χ2v) is 6.17. The van der Waals surface area contributed by atoms with Gasteiger partial charge in [-0.25, -0.2) is 0 Å². The Kier molecular flexibility index (Phi) is 5.12. The Morgan fingerprint density at radius 1 is 1.32 bits per heavy atom. The number of hydrogen-bond donors (Lipinski definition) is 1. The Labute approximate surface area is 122 Å². The molecule has 0 amide bonds. The average Bonchev–Trinajstić information content (AvgIpc) is 2.39. The van der Waals surface area contributed by atoms with Crippen LogP contribution in [0.25, 0.3) is 0 Å². The van der Waals surface area contributed by atoms with Crippen LogP contribution in [0.15, 0.2) is 18.2 Å². The molecule has 1 aromatic carbocycles. The Balaban J connectivity index is 2.26. The summed E-state index contributed by atoms with van der Waals surface area (Å²) in [5.41, 5.74) is 2.67. The fraction of sp³-hybridized carbons (Fsp3) is 0.625. The summed E-state index contributed by atoms with van der Waals surface area (Å²) in [6.45, 7) is 9.84. The first-order chi connectivity index (χ1) is 9.11. The maximum Gasteiger partial charge on any atom is 0.0415 e. The summed E-state index contributed by atoms with van der Waals surface area (Å²) in [7, 11) is 0. The predicted octanol–water partition coefficient (Wildman–Crippen LogP) is 4.07. The monoisotopic (exact) mass is 280 g/mol. The fourth-order valence-electron chi connectivity index (χ4n) is 2.86. The van der Waals surface area contributed by atoms with E-state index in [1.165, 1.54) is 24.1 Å². The first-order valence-electron chi connectivity index (χ1n) is 7.37. The van der Waals surface area contributed by atoms with E-state index >= 15 is 0 Å². The molecule has 1 N–H and O–H groups in total. The molecule has 0 aliphatic carbocycles. The van der Waals surface area contributed by atoms with E-state index in [9.17, 15) is 0 Å². The number of nitrogens with zero attached hydrogens (tertiary/aromatic N) is 1. The van der Waals surface area contributed by atoms with E-state index < -0.39 is 0 Å². The number of nitrogens with one attached hydrogen (secondary N) is 1. The average molecular weight is 281 g/mol. The number of hydrogen-bond acceptors (Lipinski definition) is 2. The van der Waals surface area contributed by atoms with Gasteiger partial charge in [-0.3, -0.25) is 0 Å². The molecule has 0 saturated carbocycles. The molecule has 1 aromatic rings. The zero-order chi connectivity index (χ0) is 13.8. The Morgan fingerprint density at radius 2 is 2.11 bits per heavy atom. The van der Waals surface area contributed by atoms with Crippen LogP contribution in [0.3, 0.4) is 0 Å². The molecule has 0 spiro atoms. The van der Waals surface area contributed by atoms with Gasteiger partial charge < -0.3 is 10.2 Å². The molecule has 106 valence electrons. The van der Waals surface area contributed by atoms with Crippen LogP contribution in [-0.2, 0) is 6.54 Å². The van der Waals surface area contributed by atoms with Gasteiger partial charge in [-0.2, -0.15) is 0 Å². The first kappa shape index (κ1) is 14.7.